The number of rotatable bonds is 4. The van der Waals surface area contributed by atoms with Crippen LogP contribution in [0.4, 0.5) is 14.9 Å². The number of halogens is 1. The van der Waals surface area contributed by atoms with Gasteiger partial charge in [-0.2, -0.15) is 0 Å². The van der Waals surface area contributed by atoms with E-state index in [0.717, 1.165) is 5.69 Å². The van der Waals surface area contributed by atoms with Crippen molar-refractivity contribution in [3.8, 4) is 5.75 Å². The van der Waals surface area contributed by atoms with Crippen molar-refractivity contribution < 1.29 is 18.7 Å². The minimum Gasteiger partial charge on any atom is -0.496 e. The Kier molecular flexibility index (Phi) is 5.90. The molecule has 1 N–H and O–H groups in total. The molecule has 2 aromatic carbocycles. The highest BCUT2D eigenvalue weighted by atomic mass is 19.1. The van der Waals surface area contributed by atoms with Crippen LogP contribution in [0.2, 0.25) is 0 Å². The molecule has 142 valence electrons. The Balaban J connectivity index is 1.53. The van der Waals surface area contributed by atoms with Gasteiger partial charge >= 0.3 is 6.03 Å². The number of hydrogen-bond donors (Lipinski definition) is 1. The van der Waals surface area contributed by atoms with Gasteiger partial charge in [-0.3, -0.25) is 4.79 Å². The number of para-hydroxylation sites is 1. The fourth-order valence-electron chi connectivity index (χ4n) is 3.04. The summed E-state index contributed by atoms with van der Waals surface area (Å²) in [5, 5.41) is 2.84. The second-order valence-electron chi connectivity index (χ2n) is 6.30. The lowest BCUT2D eigenvalue weighted by molar-refractivity contribution is -0.131. The summed E-state index contributed by atoms with van der Waals surface area (Å²) in [6.07, 6.45) is 0.0666. The average molecular weight is 371 g/mol. The molecule has 0 atom stereocenters. The van der Waals surface area contributed by atoms with Gasteiger partial charge in [0, 0.05) is 37.4 Å². The number of piperazine rings is 1. The third-order valence-corrected chi connectivity index (χ3v) is 4.53. The van der Waals surface area contributed by atoms with Gasteiger partial charge in [-0.25, -0.2) is 9.18 Å². The van der Waals surface area contributed by atoms with Crippen molar-refractivity contribution in [1.29, 1.82) is 0 Å². The second kappa shape index (κ2) is 8.53. The molecule has 3 amide bonds. The molecule has 1 heterocycles. The Morgan fingerprint density at radius 3 is 2.37 bits per heavy atom. The van der Waals surface area contributed by atoms with E-state index in [0.29, 0.717) is 37.5 Å². The molecule has 3 rings (SSSR count). The molecule has 27 heavy (non-hydrogen) atoms. The maximum atomic E-state index is 13.5. The Labute approximate surface area is 157 Å². The number of carbonyl (C=O) groups excluding carboxylic acids is 2. The smallest absolute Gasteiger partial charge is 0.321 e. The number of nitrogens with zero attached hydrogens (tertiary/aromatic N) is 2. The zero-order valence-corrected chi connectivity index (χ0v) is 15.2. The summed E-state index contributed by atoms with van der Waals surface area (Å²) in [5.74, 6) is -0.0198. The molecule has 0 radical (unpaired) electrons. The Morgan fingerprint density at radius 1 is 1.04 bits per heavy atom. The molecular formula is C20H22FN3O3. The van der Waals surface area contributed by atoms with Gasteiger partial charge in [0.2, 0.25) is 5.91 Å². The van der Waals surface area contributed by atoms with E-state index < -0.39 is 5.82 Å². The number of amides is 3. The summed E-state index contributed by atoms with van der Waals surface area (Å²) in [4.78, 5) is 28.2. The van der Waals surface area contributed by atoms with Crippen molar-refractivity contribution in [3.05, 3.63) is 59.9 Å². The molecule has 6 nitrogen and oxygen atoms in total. The maximum absolute atomic E-state index is 13.5. The van der Waals surface area contributed by atoms with Gasteiger partial charge in [-0.05, 0) is 30.3 Å². The fraction of sp³-hybridized carbons (Fsp3) is 0.300. The SMILES string of the molecule is COc1ccc(F)cc1CC(=O)N1CCN(C(=O)Nc2ccccc2)CC1. The molecule has 7 heteroatoms. The molecule has 0 saturated carbocycles. The highest BCUT2D eigenvalue weighted by Gasteiger charge is 2.25. The third-order valence-electron chi connectivity index (χ3n) is 4.53. The number of ether oxygens (including phenoxy) is 1. The van der Waals surface area contributed by atoms with Crippen LogP contribution in [-0.4, -0.2) is 55.0 Å². The van der Waals surface area contributed by atoms with Crippen molar-refractivity contribution >= 4 is 17.6 Å². The van der Waals surface area contributed by atoms with Crippen LogP contribution in [0, 0.1) is 5.82 Å². The molecule has 2 aromatic rings. The monoisotopic (exact) mass is 371 g/mol. The van der Waals surface area contributed by atoms with E-state index in [1.165, 1.54) is 25.3 Å². The van der Waals surface area contributed by atoms with Crippen molar-refractivity contribution in [3.63, 3.8) is 0 Å². The zero-order chi connectivity index (χ0) is 19.2. The first-order valence-electron chi connectivity index (χ1n) is 8.78. The van der Waals surface area contributed by atoms with Crippen LogP contribution >= 0.6 is 0 Å². The summed E-state index contributed by atoms with van der Waals surface area (Å²) in [6.45, 7) is 1.78. The lowest BCUT2D eigenvalue weighted by atomic mass is 10.1. The molecule has 1 aliphatic heterocycles. The number of benzene rings is 2. The van der Waals surface area contributed by atoms with Gasteiger partial charge in [-0.1, -0.05) is 18.2 Å². The van der Waals surface area contributed by atoms with Crippen LogP contribution in [0.5, 0.6) is 5.75 Å². The molecule has 0 unspecified atom stereocenters. The molecular weight excluding hydrogens is 349 g/mol. The van der Waals surface area contributed by atoms with Gasteiger partial charge < -0.3 is 19.9 Å². The third kappa shape index (κ3) is 4.75. The van der Waals surface area contributed by atoms with Crippen molar-refractivity contribution in [2.75, 3.05) is 38.6 Å². The molecule has 0 bridgehead atoms. The van der Waals surface area contributed by atoms with E-state index in [1.54, 1.807) is 9.80 Å². The molecule has 1 saturated heterocycles. The lowest BCUT2D eigenvalue weighted by Gasteiger charge is -2.34. The summed E-state index contributed by atoms with van der Waals surface area (Å²) in [5.41, 5.74) is 1.26. The van der Waals surface area contributed by atoms with Gasteiger partial charge in [0.05, 0.1) is 13.5 Å². The molecule has 0 spiro atoms. The van der Waals surface area contributed by atoms with Crippen LogP contribution in [0.25, 0.3) is 0 Å². The van der Waals surface area contributed by atoms with Crippen LogP contribution in [0.1, 0.15) is 5.56 Å². The first kappa shape index (κ1) is 18.7. The fourth-order valence-corrected chi connectivity index (χ4v) is 3.04. The number of anilines is 1. The first-order chi connectivity index (χ1) is 13.1. The Morgan fingerprint density at radius 2 is 1.70 bits per heavy atom. The number of carbonyl (C=O) groups is 2. The number of nitrogens with one attached hydrogen (secondary N) is 1. The molecule has 0 aliphatic carbocycles. The van der Waals surface area contributed by atoms with E-state index in [2.05, 4.69) is 5.32 Å². The molecule has 1 fully saturated rings. The van der Waals surface area contributed by atoms with Gasteiger partial charge in [0.25, 0.3) is 0 Å². The molecule has 0 aromatic heterocycles. The summed E-state index contributed by atoms with van der Waals surface area (Å²) < 4.78 is 18.7. The average Bonchev–Trinajstić information content (AvgIpc) is 2.69. The standard InChI is InChI=1S/C20H22FN3O3/c1-27-18-8-7-16(21)13-15(18)14-19(25)23-9-11-24(12-10-23)20(26)22-17-5-3-2-4-6-17/h2-8,13H,9-12,14H2,1H3,(H,22,26). The van der Waals surface area contributed by atoms with Gasteiger partial charge in [0.1, 0.15) is 11.6 Å². The quantitative estimate of drug-likeness (QED) is 0.899. The Bertz CT molecular complexity index is 805. The highest BCUT2D eigenvalue weighted by Crippen LogP contribution is 2.21. The van der Waals surface area contributed by atoms with Crippen molar-refractivity contribution in [2.45, 2.75) is 6.42 Å². The van der Waals surface area contributed by atoms with E-state index in [-0.39, 0.29) is 18.4 Å². The summed E-state index contributed by atoms with van der Waals surface area (Å²) >= 11 is 0. The number of methoxy groups -OCH3 is 1. The van der Waals surface area contributed by atoms with E-state index in [1.807, 2.05) is 30.3 Å². The Hall–Kier alpha value is -3.09. The largest absolute Gasteiger partial charge is 0.496 e. The number of hydrogen-bond acceptors (Lipinski definition) is 3. The minimum absolute atomic E-state index is 0.0666. The minimum atomic E-state index is -0.402. The van der Waals surface area contributed by atoms with E-state index >= 15 is 0 Å². The van der Waals surface area contributed by atoms with Crippen molar-refractivity contribution in [1.82, 2.24) is 9.80 Å². The van der Waals surface area contributed by atoms with Gasteiger partial charge in [0.15, 0.2) is 0 Å². The predicted molar refractivity (Wildman–Crippen MR) is 100 cm³/mol. The molecule has 1 aliphatic rings. The zero-order valence-electron chi connectivity index (χ0n) is 15.2. The van der Waals surface area contributed by atoms with Crippen LogP contribution < -0.4 is 10.1 Å². The van der Waals surface area contributed by atoms with Crippen LogP contribution in [0.3, 0.4) is 0 Å². The van der Waals surface area contributed by atoms with Crippen molar-refractivity contribution in [2.24, 2.45) is 0 Å². The van der Waals surface area contributed by atoms with Gasteiger partial charge in [-0.15, -0.1) is 0 Å². The first-order valence-corrected chi connectivity index (χ1v) is 8.78. The maximum Gasteiger partial charge on any atom is 0.321 e. The van der Waals surface area contributed by atoms with E-state index in [9.17, 15) is 14.0 Å². The summed E-state index contributed by atoms with van der Waals surface area (Å²) in [6, 6.07) is 13.2. The van der Waals surface area contributed by atoms with E-state index in [4.69, 9.17) is 4.74 Å². The normalized spacial score (nSPS) is 14.0. The van der Waals surface area contributed by atoms with Crippen LogP contribution in [-0.2, 0) is 11.2 Å². The highest BCUT2D eigenvalue weighted by molar-refractivity contribution is 5.89. The van der Waals surface area contributed by atoms with Crippen LogP contribution in [0.15, 0.2) is 48.5 Å². The summed E-state index contributed by atoms with van der Waals surface area (Å²) in [7, 11) is 1.49. The predicted octanol–water partition coefficient (Wildman–Crippen LogP) is 2.75. The topological polar surface area (TPSA) is 61.9 Å². The second-order valence-corrected chi connectivity index (χ2v) is 6.30. The number of urea groups is 1. The lowest BCUT2D eigenvalue weighted by Crippen LogP contribution is -2.52.